The number of hydrogen-bond acceptors (Lipinski definition) is 6. The van der Waals surface area contributed by atoms with Crippen LogP contribution in [0.3, 0.4) is 0 Å². The first kappa shape index (κ1) is 16.6. The lowest BCUT2D eigenvalue weighted by Crippen LogP contribution is -2.36. The Morgan fingerprint density at radius 1 is 1.48 bits per heavy atom. The molecule has 0 unspecified atom stereocenters. The normalized spacial score (nSPS) is 25.4. The zero-order chi connectivity index (χ0) is 16.2. The number of hydrogen-bond donors (Lipinski definition) is 2. The number of nitrogens with zero attached hydrogens (tertiary/aromatic N) is 1. The molecule has 2 aliphatic rings. The van der Waals surface area contributed by atoms with Crippen molar-refractivity contribution < 1.29 is 19.4 Å². The molecule has 1 aromatic carbocycles. The maximum Gasteiger partial charge on any atom is 0.321 e. The average Bonchev–Trinajstić information content (AvgIpc) is 3.06. The monoisotopic (exact) mass is 338 g/mol. The third-order valence-electron chi connectivity index (χ3n) is 4.19. The number of carboxylic acid groups (broad SMARTS) is 1. The molecular formula is C16H22N2O4S. The molecule has 2 saturated heterocycles. The van der Waals surface area contributed by atoms with Crippen molar-refractivity contribution in [1.82, 2.24) is 10.2 Å². The van der Waals surface area contributed by atoms with Crippen LogP contribution in [0, 0.1) is 0 Å². The number of ether oxygens (including phenoxy) is 2. The Hall–Kier alpha value is -1.28. The van der Waals surface area contributed by atoms with E-state index in [1.54, 1.807) is 18.9 Å². The van der Waals surface area contributed by atoms with E-state index in [1.165, 1.54) is 0 Å². The Kier molecular flexibility index (Phi) is 5.42. The van der Waals surface area contributed by atoms with Gasteiger partial charge in [-0.25, -0.2) is 0 Å². The predicted molar refractivity (Wildman–Crippen MR) is 88.8 cm³/mol. The van der Waals surface area contributed by atoms with Gasteiger partial charge < -0.3 is 14.6 Å². The SMILES string of the molecule is COc1ccc([C@@H]2N[C@@H](C(=O)O)CS2)cc1CN1CCOCC1. The second kappa shape index (κ2) is 7.53. The van der Waals surface area contributed by atoms with Crippen LogP contribution in [-0.4, -0.2) is 61.2 Å². The maximum absolute atomic E-state index is 11.1. The summed E-state index contributed by atoms with van der Waals surface area (Å²) in [6.07, 6.45) is 0. The van der Waals surface area contributed by atoms with Crippen LogP contribution in [0.2, 0.25) is 0 Å². The van der Waals surface area contributed by atoms with Crippen LogP contribution in [0.25, 0.3) is 0 Å². The summed E-state index contributed by atoms with van der Waals surface area (Å²) in [4.78, 5) is 13.4. The van der Waals surface area contributed by atoms with Gasteiger partial charge in [0.15, 0.2) is 0 Å². The molecule has 0 radical (unpaired) electrons. The summed E-state index contributed by atoms with van der Waals surface area (Å²) in [7, 11) is 1.68. The number of benzene rings is 1. The number of aliphatic carboxylic acids is 1. The topological polar surface area (TPSA) is 71.0 Å². The number of rotatable bonds is 5. The molecule has 0 spiro atoms. The lowest BCUT2D eigenvalue weighted by atomic mass is 10.1. The highest BCUT2D eigenvalue weighted by Gasteiger charge is 2.30. The number of nitrogens with one attached hydrogen (secondary N) is 1. The van der Waals surface area contributed by atoms with Gasteiger partial charge in [0, 0.05) is 31.0 Å². The first-order chi connectivity index (χ1) is 11.2. The van der Waals surface area contributed by atoms with Crippen molar-refractivity contribution in [2.45, 2.75) is 18.0 Å². The van der Waals surface area contributed by atoms with Gasteiger partial charge in [0.05, 0.1) is 25.7 Å². The highest BCUT2D eigenvalue weighted by Crippen LogP contribution is 2.35. The Balaban J connectivity index is 1.74. The van der Waals surface area contributed by atoms with Gasteiger partial charge >= 0.3 is 5.97 Å². The van der Waals surface area contributed by atoms with Crippen molar-refractivity contribution in [2.24, 2.45) is 0 Å². The minimum Gasteiger partial charge on any atom is -0.496 e. The van der Waals surface area contributed by atoms with E-state index in [4.69, 9.17) is 14.6 Å². The van der Waals surface area contributed by atoms with Gasteiger partial charge in [0.25, 0.3) is 0 Å². The number of carbonyl (C=O) groups is 1. The van der Waals surface area contributed by atoms with Gasteiger partial charge in [0.2, 0.25) is 0 Å². The highest BCUT2D eigenvalue weighted by atomic mass is 32.2. The Morgan fingerprint density at radius 2 is 2.26 bits per heavy atom. The quantitative estimate of drug-likeness (QED) is 0.839. The van der Waals surface area contributed by atoms with Gasteiger partial charge in [-0.1, -0.05) is 6.07 Å². The number of morpholine rings is 1. The van der Waals surface area contributed by atoms with E-state index in [-0.39, 0.29) is 5.37 Å². The van der Waals surface area contributed by atoms with Gasteiger partial charge in [-0.2, -0.15) is 0 Å². The second-order valence-electron chi connectivity index (χ2n) is 5.73. The Bertz CT molecular complexity index is 563. The van der Waals surface area contributed by atoms with Crippen molar-refractivity contribution in [3.05, 3.63) is 29.3 Å². The fourth-order valence-corrected chi connectivity index (χ4v) is 4.12. The summed E-state index contributed by atoms with van der Waals surface area (Å²) in [6, 6.07) is 5.64. The van der Waals surface area contributed by atoms with E-state index in [0.717, 1.165) is 49.7 Å². The molecule has 1 aromatic rings. The summed E-state index contributed by atoms with van der Waals surface area (Å²) in [5, 5.41) is 12.3. The lowest BCUT2D eigenvalue weighted by molar-refractivity contribution is -0.138. The third kappa shape index (κ3) is 3.98. The zero-order valence-corrected chi connectivity index (χ0v) is 14.0. The lowest BCUT2D eigenvalue weighted by Gasteiger charge is -2.27. The van der Waals surface area contributed by atoms with Crippen LogP contribution < -0.4 is 10.1 Å². The summed E-state index contributed by atoms with van der Waals surface area (Å²) < 4.78 is 10.9. The van der Waals surface area contributed by atoms with E-state index in [9.17, 15) is 4.79 Å². The summed E-state index contributed by atoms with van der Waals surface area (Å²) in [6.45, 7) is 4.20. The Morgan fingerprint density at radius 3 is 2.91 bits per heavy atom. The largest absolute Gasteiger partial charge is 0.496 e. The molecule has 0 aliphatic carbocycles. The van der Waals surface area contributed by atoms with E-state index in [1.807, 2.05) is 12.1 Å². The predicted octanol–water partition coefficient (Wildman–Crippen LogP) is 1.32. The van der Waals surface area contributed by atoms with Crippen LogP contribution >= 0.6 is 11.8 Å². The van der Waals surface area contributed by atoms with Crippen molar-refractivity contribution in [2.75, 3.05) is 39.2 Å². The minimum atomic E-state index is -0.790. The smallest absolute Gasteiger partial charge is 0.321 e. The van der Waals surface area contributed by atoms with Crippen molar-refractivity contribution in [3.8, 4) is 5.75 Å². The molecule has 6 nitrogen and oxygen atoms in total. The zero-order valence-electron chi connectivity index (χ0n) is 13.2. The number of carboxylic acids is 1. The van der Waals surface area contributed by atoms with Gasteiger partial charge in [-0.3, -0.25) is 15.0 Å². The van der Waals surface area contributed by atoms with Crippen LogP contribution in [0.1, 0.15) is 16.5 Å². The molecule has 0 aromatic heterocycles. The Labute approximate surface area is 140 Å². The molecule has 2 heterocycles. The molecule has 126 valence electrons. The molecule has 2 N–H and O–H groups in total. The molecule has 0 saturated carbocycles. The summed E-state index contributed by atoms with van der Waals surface area (Å²) in [5.41, 5.74) is 2.23. The number of methoxy groups -OCH3 is 1. The van der Waals surface area contributed by atoms with Crippen LogP contribution in [0.5, 0.6) is 5.75 Å². The maximum atomic E-state index is 11.1. The van der Waals surface area contributed by atoms with Gasteiger partial charge in [0.1, 0.15) is 11.8 Å². The molecule has 2 atom stereocenters. The molecule has 3 rings (SSSR count). The molecule has 0 amide bonds. The minimum absolute atomic E-state index is 0.0189. The molecule has 7 heteroatoms. The van der Waals surface area contributed by atoms with Crippen molar-refractivity contribution in [3.63, 3.8) is 0 Å². The first-order valence-electron chi connectivity index (χ1n) is 7.75. The molecule has 2 aliphatic heterocycles. The summed E-state index contributed by atoms with van der Waals surface area (Å²) in [5.74, 6) is 0.672. The van der Waals surface area contributed by atoms with E-state index >= 15 is 0 Å². The van der Waals surface area contributed by atoms with E-state index < -0.39 is 12.0 Å². The van der Waals surface area contributed by atoms with Crippen molar-refractivity contribution in [1.29, 1.82) is 0 Å². The third-order valence-corrected chi connectivity index (χ3v) is 5.45. The standard InChI is InChI=1S/C16H22N2O4S/c1-21-14-3-2-11(15-17-13(10-23-15)16(19)20)8-12(14)9-18-4-6-22-7-5-18/h2-3,8,13,15,17H,4-7,9-10H2,1H3,(H,19,20)/t13-,15-/m1/s1. The average molecular weight is 338 g/mol. The van der Waals surface area contributed by atoms with Gasteiger partial charge in [-0.15, -0.1) is 11.8 Å². The second-order valence-corrected chi connectivity index (χ2v) is 6.87. The van der Waals surface area contributed by atoms with E-state index in [2.05, 4.69) is 16.3 Å². The van der Waals surface area contributed by atoms with Crippen LogP contribution in [0.4, 0.5) is 0 Å². The molecule has 2 fully saturated rings. The van der Waals surface area contributed by atoms with Gasteiger partial charge in [-0.05, 0) is 17.7 Å². The fraction of sp³-hybridized carbons (Fsp3) is 0.562. The van der Waals surface area contributed by atoms with Crippen LogP contribution in [0.15, 0.2) is 18.2 Å². The molecule has 0 bridgehead atoms. The molecule has 23 heavy (non-hydrogen) atoms. The van der Waals surface area contributed by atoms with Crippen molar-refractivity contribution >= 4 is 17.7 Å². The fourth-order valence-electron chi connectivity index (χ4n) is 2.89. The summed E-state index contributed by atoms with van der Waals surface area (Å²) >= 11 is 1.63. The first-order valence-corrected chi connectivity index (χ1v) is 8.79. The number of thioether (sulfide) groups is 1. The molecular weight excluding hydrogens is 316 g/mol. The van der Waals surface area contributed by atoms with E-state index in [0.29, 0.717) is 5.75 Å². The highest BCUT2D eigenvalue weighted by molar-refractivity contribution is 7.99. The van der Waals surface area contributed by atoms with Crippen LogP contribution in [-0.2, 0) is 16.1 Å².